The average Bonchev–Trinajstić information content (AvgIpc) is 2.65. The monoisotopic (exact) mass is 337 g/mol. The lowest BCUT2D eigenvalue weighted by atomic mass is 10.1. The Hall–Kier alpha value is -3.20. The summed E-state index contributed by atoms with van der Waals surface area (Å²) in [5, 5.41) is 14.9. The standard InChI is InChI=1S/C19H19N3O3/c1-24-16-9-8-13(12-17(16)25-11-5-4-10-20)18-21-15-7-3-2-6-14(15)19(23)22-18/h2-3,6-9,12,18,21H,4-5,11H2,1H3,(H,22,23)/t18-/m0/s1. The van der Waals surface area contributed by atoms with E-state index in [1.807, 2.05) is 36.4 Å². The zero-order valence-corrected chi connectivity index (χ0v) is 13.9. The van der Waals surface area contributed by atoms with Crippen molar-refractivity contribution in [3.8, 4) is 17.6 Å². The minimum atomic E-state index is -0.352. The van der Waals surface area contributed by atoms with Crippen LogP contribution >= 0.6 is 0 Å². The Morgan fingerprint density at radius 3 is 2.80 bits per heavy atom. The van der Waals surface area contributed by atoms with E-state index in [1.54, 1.807) is 13.2 Å². The Morgan fingerprint density at radius 1 is 1.16 bits per heavy atom. The summed E-state index contributed by atoms with van der Waals surface area (Å²) in [6.45, 7) is 0.431. The molecular formula is C19H19N3O3. The zero-order valence-electron chi connectivity index (χ0n) is 13.9. The molecule has 1 atom stereocenters. The summed E-state index contributed by atoms with van der Waals surface area (Å²) in [7, 11) is 1.58. The first-order chi connectivity index (χ1) is 12.2. The lowest BCUT2D eigenvalue weighted by Gasteiger charge is -2.28. The number of nitriles is 1. The van der Waals surface area contributed by atoms with Gasteiger partial charge >= 0.3 is 0 Å². The van der Waals surface area contributed by atoms with Crippen molar-refractivity contribution < 1.29 is 14.3 Å². The van der Waals surface area contributed by atoms with Crippen LogP contribution in [0, 0.1) is 11.3 Å². The lowest BCUT2D eigenvalue weighted by Crippen LogP contribution is -2.38. The quantitative estimate of drug-likeness (QED) is 0.791. The van der Waals surface area contributed by atoms with Crippen molar-refractivity contribution in [2.45, 2.75) is 19.0 Å². The van der Waals surface area contributed by atoms with Gasteiger partial charge in [-0.2, -0.15) is 5.26 Å². The van der Waals surface area contributed by atoms with Crippen molar-refractivity contribution in [1.29, 1.82) is 5.26 Å². The normalized spacial score (nSPS) is 15.4. The van der Waals surface area contributed by atoms with E-state index in [-0.39, 0.29) is 12.1 Å². The second-order valence-corrected chi connectivity index (χ2v) is 5.62. The number of rotatable bonds is 6. The van der Waals surface area contributed by atoms with Crippen molar-refractivity contribution in [2.24, 2.45) is 0 Å². The highest BCUT2D eigenvalue weighted by molar-refractivity contribution is 6.01. The molecule has 128 valence electrons. The molecule has 0 spiro atoms. The maximum atomic E-state index is 12.3. The van der Waals surface area contributed by atoms with Gasteiger partial charge in [0.1, 0.15) is 6.17 Å². The lowest BCUT2D eigenvalue weighted by molar-refractivity contribution is 0.0935. The van der Waals surface area contributed by atoms with E-state index in [1.165, 1.54) is 0 Å². The van der Waals surface area contributed by atoms with Gasteiger partial charge in [0, 0.05) is 12.1 Å². The number of hydrogen-bond donors (Lipinski definition) is 2. The van der Waals surface area contributed by atoms with Crippen LogP contribution in [0.3, 0.4) is 0 Å². The zero-order chi connectivity index (χ0) is 17.6. The summed E-state index contributed by atoms with van der Waals surface area (Å²) >= 11 is 0. The number of ether oxygens (including phenoxy) is 2. The number of carbonyl (C=O) groups excluding carboxylic acids is 1. The van der Waals surface area contributed by atoms with Gasteiger partial charge in [-0.05, 0) is 36.2 Å². The Kier molecular flexibility index (Phi) is 5.05. The molecule has 1 amide bonds. The van der Waals surface area contributed by atoms with Crippen LogP contribution in [-0.4, -0.2) is 19.6 Å². The molecule has 1 heterocycles. The fraction of sp³-hybridized carbons (Fsp3) is 0.263. The average molecular weight is 337 g/mol. The molecule has 6 heteroatoms. The third kappa shape index (κ3) is 3.66. The van der Waals surface area contributed by atoms with Crippen LogP contribution < -0.4 is 20.1 Å². The van der Waals surface area contributed by atoms with Crippen molar-refractivity contribution in [2.75, 3.05) is 19.0 Å². The van der Waals surface area contributed by atoms with Gasteiger partial charge in [0.15, 0.2) is 11.5 Å². The largest absolute Gasteiger partial charge is 0.493 e. The molecule has 25 heavy (non-hydrogen) atoms. The van der Waals surface area contributed by atoms with Crippen LogP contribution in [0.1, 0.15) is 34.9 Å². The number of benzene rings is 2. The van der Waals surface area contributed by atoms with Gasteiger partial charge in [0.25, 0.3) is 5.91 Å². The number of unbranched alkanes of at least 4 members (excludes halogenated alkanes) is 1. The molecule has 3 rings (SSSR count). The first-order valence-electron chi connectivity index (χ1n) is 8.07. The van der Waals surface area contributed by atoms with Crippen LogP contribution in [0.5, 0.6) is 11.5 Å². The highest BCUT2D eigenvalue weighted by atomic mass is 16.5. The van der Waals surface area contributed by atoms with E-state index in [0.29, 0.717) is 36.5 Å². The smallest absolute Gasteiger partial charge is 0.255 e. The van der Waals surface area contributed by atoms with Crippen molar-refractivity contribution in [3.63, 3.8) is 0 Å². The molecule has 1 aliphatic heterocycles. The van der Waals surface area contributed by atoms with E-state index < -0.39 is 0 Å². The summed E-state index contributed by atoms with van der Waals surface area (Å²) in [5.74, 6) is 1.09. The Labute approximate surface area is 146 Å². The Morgan fingerprint density at radius 2 is 2.00 bits per heavy atom. The molecule has 6 nitrogen and oxygen atoms in total. The van der Waals surface area contributed by atoms with E-state index in [4.69, 9.17) is 14.7 Å². The summed E-state index contributed by atoms with van der Waals surface area (Å²) in [6, 6.07) is 15.0. The SMILES string of the molecule is COc1ccc([C@@H]2NC(=O)c3ccccc3N2)cc1OCCCC#N. The van der Waals surface area contributed by atoms with Crippen LogP contribution in [0.4, 0.5) is 5.69 Å². The number of nitrogens with one attached hydrogen (secondary N) is 2. The summed E-state index contributed by atoms with van der Waals surface area (Å²) < 4.78 is 11.1. The number of hydrogen-bond acceptors (Lipinski definition) is 5. The van der Waals surface area contributed by atoms with Crippen molar-refractivity contribution in [3.05, 3.63) is 53.6 Å². The van der Waals surface area contributed by atoms with Crippen LogP contribution in [-0.2, 0) is 0 Å². The molecule has 0 saturated heterocycles. The fourth-order valence-corrected chi connectivity index (χ4v) is 2.69. The molecule has 0 saturated carbocycles. The van der Waals surface area contributed by atoms with Gasteiger partial charge in [-0.1, -0.05) is 18.2 Å². The molecule has 2 aromatic carbocycles. The highest BCUT2D eigenvalue weighted by Crippen LogP contribution is 2.33. The molecule has 0 unspecified atom stereocenters. The van der Waals surface area contributed by atoms with Gasteiger partial charge < -0.3 is 20.1 Å². The molecule has 2 aromatic rings. The van der Waals surface area contributed by atoms with Crippen LogP contribution in [0.15, 0.2) is 42.5 Å². The number of amides is 1. The van der Waals surface area contributed by atoms with Gasteiger partial charge in [-0.15, -0.1) is 0 Å². The Bertz CT molecular complexity index is 814. The third-order valence-electron chi connectivity index (χ3n) is 3.96. The number of carbonyl (C=O) groups is 1. The molecule has 0 bridgehead atoms. The Balaban J connectivity index is 1.81. The highest BCUT2D eigenvalue weighted by Gasteiger charge is 2.24. The number of para-hydroxylation sites is 1. The summed E-state index contributed by atoms with van der Waals surface area (Å²) in [4.78, 5) is 12.3. The van der Waals surface area contributed by atoms with Crippen LogP contribution in [0.25, 0.3) is 0 Å². The number of fused-ring (bicyclic) bond motifs is 1. The minimum absolute atomic E-state index is 0.119. The van der Waals surface area contributed by atoms with Gasteiger partial charge in [-0.3, -0.25) is 4.79 Å². The summed E-state index contributed by atoms with van der Waals surface area (Å²) in [5.41, 5.74) is 2.28. The number of methoxy groups -OCH3 is 1. The maximum absolute atomic E-state index is 12.3. The van der Waals surface area contributed by atoms with Crippen molar-refractivity contribution >= 4 is 11.6 Å². The molecule has 0 fully saturated rings. The maximum Gasteiger partial charge on any atom is 0.255 e. The van der Waals surface area contributed by atoms with E-state index in [9.17, 15) is 4.79 Å². The van der Waals surface area contributed by atoms with E-state index in [2.05, 4.69) is 16.7 Å². The minimum Gasteiger partial charge on any atom is -0.493 e. The second kappa shape index (κ2) is 7.58. The van der Waals surface area contributed by atoms with Gasteiger partial charge in [0.05, 0.1) is 25.3 Å². The van der Waals surface area contributed by atoms with Crippen LogP contribution in [0.2, 0.25) is 0 Å². The molecule has 0 aliphatic carbocycles. The number of nitrogens with zero attached hydrogens (tertiary/aromatic N) is 1. The van der Waals surface area contributed by atoms with Gasteiger partial charge in [-0.25, -0.2) is 0 Å². The first kappa shape index (κ1) is 16.7. The van der Waals surface area contributed by atoms with Gasteiger partial charge in [0.2, 0.25) is 0 Å². The molecule has 0 radical (unpaired) electrons. The number of anilines is 1. The third-order valence-corrected chi connectivity index (χ3v) is 3.96. The van der Waals surface area contributed by atoms with E-state index in [0.717, 1.165) is 11.3 Å². The molecule has 0 aromatic heterocycles. The second-order valence-electron chi connectivity index (χ2n) is 5.62. The topological polar surface area (TPSA) is 83.4 Å². The predicted octanol–water partition coefficient (Wildman–Crippen LogP) is 3.23. The summed E-state index contributed by atoms with van der Waals surface area (Å²) in [6.07, 6.45) is 0.740. The van der Waals surface area contributed by atoms with E-state index >= 15 is 0 Å². The predicted molar refractivity (Wildman–Crippen MR) is 93.6 cm³/mol. The van der Waals surface area contributed by atoms with Crippen molar-refractivity contribution in [1.82, 2.24) is 5.32 Å². The molecule has 2 N–H and O–H groups in total. The fourth-order valence-electron chi connectivity index (χ4n) is 2.69. The first-order valence-corrected chi connectivity index (χ1v) is 8.07. The molecular weight excluding hydrogens is 318 g/mol. The molecule has 1 aliphatic rings.